The molecule has 2 aromatic rings. The van der Waals surface area contributed by atoms with Gasteiger partial charge in [0.05, 0.1) is 6.20 Å². The Balaban J connectivity index is 0.000000224. The normalized spacial score (nSPS) is 11.0. The molecule has 0 unspecified atom stereocenters. The van der Waals surface area contributed by atoms with Gasteiger partial charge in [-0.25, -0.2) is 14.8 Å². The van der Waals surface area contributed by atoms with E-state index in [-0.39, 0.29) is 0 Å². The summed E-state index contributed by atoms with van der Waals surface area (Å²) in [5.41, 5.74) is 6.34. The van der Waals surface area contributed by atoms with Gasteiger partial charge in [0.25, 0.3) is 0 Å². The molecule has 0 spiro atoms. The predicted molar refractivity (Wildman–Crippen MR) is 71.5 cm³/mol. The molecule has 0 atom stereocenters. The third-order valence-electron chi connectivity index (χ3n) is 1.69. The number of nitrogen functional groups attached to an aromatic ring is 1. The Morgan fingerprint density at radius 3 is 2.53 bits per heavy atom. The maximum absolute atomic E-state index is 10.6. The molecule has 3 N–H and O–H groups in total. The third-order valence-corrected chi connectivity index (χ3v) is 2.87. The highest BCUT2D eigenvalue weighted by Gasteiger charge is 2.38. The molecule has 104 valence electrons. The maximum Gasteiger partial charge on any atom is 0.490 e. The van der Waals surface area contributed by atoms with Crippen LogP contribution in [0, 0.1) is 3.70 Å². The molecule has 0 bridgehead atoms. The second-order valence-electron chi connectivity index (χ2n) is 3.03. The van der Waals surface area contributed by atoms with Gasteiger partial charge < -0.3 is 10.8 Å². The van der Waals surface area contributed by atoms with Crippen LogP contribution in [-0.2, 0) is 4.79 Å². The van der Waals surface area contributed by atoms with Gasteiger partial charge in [-0.3, -0.25) is 4.40 Å². The van der Waals surface area contributed by atoms with Gasteiger partial charge in [-0.2, -0.15) is 13.2 Å². The van der Waals surface area contributed by atoms with Crippen molar-refractivity contribution >= 4 is 56.0 Å². The topological polar surface area (TPSA) is 93.5 Å². The van der Waals surface area contributed by atoms with Crippen molar-refractivity contribution < 1.29 is 23.1 Å². The number of nitrogens with zero attached hydrogens (tertiary/aromatic N) is 3. The van der Waals surface area contributed by atoms with Gasteiger partial charge in [-0.15, -0.1) is 0 Å². The molecular formula is C8H5BrF3IN4O2. The van der Waals surface area contributed by atoms with Crippen LogP contribution in [0.3, 0.4) is 0 Å². The first-order valence-electron chi connectivity index (χ1n) is 4.37. The number of halogens is 5. The molecule has 2 heterocycles. The van der Waals surface area contributed by atoms with E-state index in [1.807, 2.05) is 10.6 Å². The van der Waals surface area contributed by atoms with Crippen LogP contribution in [-0.4, -0.2) is 31.6 Å². The molecule has 0 fully saturated rings. The standard InChI is InChI=1S/C6H4BrIN4.C2HF3O2/c7-3-2-12-4(8)1-10-6(12)5(9)11-3;3-2(4,5)1(6)7/h1-2H,(H2,9,11);(H,6,7). The molecule has 0 amide bonds. The molecule has 0 aliphatic rings. The van der Waals surface area contributed by atoms with Gasteiger partial charge in [0.1, 0.15) is 8.30 Å². The average molecular weight is 453 g/mol. The zero-order valence-corrected chi connectivity index (χ0v) is 12.6. The highest BCUT2D eigenvalue weighted by Crippen LogP contribution is 2.17. The van der Waals surface area contributed by atoms with Crippen LogP contribution in [0.4, 0.5) is 19.0 Å². The first kappa shape index (κ1) is 15.9. The van der Waals surface area contributed by atoms with Crippen LogP contribution in [0.1, 0.15) is 0 Å². The van der Waals surface area contributed by atoms with Crippen LogP contribution >= 0.6 is 38.5 Å². The number of imidazole rings is 1. The SMILES string of the molecule is Nc1nc(Br)cn2c(I)cnc12.O=C(O)C(F)(F)F. The summed E-state index contributed by atoms with van der Waals surface area (Å²) in [6, 6.07) is 0. The number of nitrogens with two attached hydrogens (primary N) is 1. The van der Waals surface area contributed by atoms with Crippen molar-refractivity contribution in [2.45, 2.75) is 6.18 Å². The summed E-state index contributed by atoms with van der Waals surface area (Å²) in [5.74, 6) is -2.32. The lowest BCUT2D eigenvalue weighted by Gasteiger charge is -1.98. The number of aliphatic carboxylic acids is 1. The van der Waals surface area contributed by atoms with Gasteiger partial charge in [0, 0.05) is 6.20 Å². The molecule has 2 aromatic heterocycles. The maximum atomic E-state index is 10.6. The Labute approximate surface area is 126 Å². The van der Waals surface area contributed by atoms with Crippen LogP contribution in [0.15, 0.2) is 17.0 Å². The van der Waals surface area contributed by atoms with Crippen molar-refractivity contribution in [3.63, 3.8) is 0 Å². The second-order valence-corrected chi connectivity index (χ2v) is 4.94. The fourth-order valence-corrected chi connectivity index (χ4v) is 1.86. The summed E-state index contributed by atoms with van der Waals surface area (Å²) >= 11 is 5.44. The summed E-state index contributed by atoms with van der Waals surface area (Å²) in [6.07, 6.45) is -1.50. The average Bonchev–Trinajstić information content (AvgIpc) is 2.60. The van der Waals surface area contributed by atoms with E-state index in [0.717, 1.165) is 3.70 Å². The minimum atomic E-state index is -5.08. The Morgan fingerprint density at radius 2 is 2.05 bits per heavy atom. The van der Waals surface area contributed by atoms with Crippen LogP contribution in [0.5, 0.6) is 0 Å². The molecule has 0 radical (unpaired) electrons. The Kier molecular flexibility index (Phi) is 4.95. The monoisotopic (exact) mass is 452 g/mol. The van der Waals surface area contributed by atoms with Crippen LogP contribution < -0.4 is 5.73 Å². The highest BCUT2D eigenvalue weighted by atomic mass is 127. The van der Waals surface area contributed by atoms with Crippen molar-refractivity contribution in [2.75, 3.05) is 5.73 Å². The summed E-state index contributed by atoms with van der Waals surface area (Å²) in [4.78, 5) is 17.0. The summed E-state index contributed by atoms with van der Waals surface area (Å²) in [6.45, 7) is 0. The Morgan fingerprint density at radius 1 is 1.53 bits per heavy atom. The molecule has 0 saturated carbocycles. The van der Waals surface area contributed by atoms with Crippen molar-refractivity contribution in [3.8, 4) is 0 Å². The number of carboxylic acid groups (broad SMARTS) is 1. The van der Waals surface area contributed by atoms with Crippen molar-refractivity contribution in [1.29, 1.82) is 0 Å². The molecule has 0 saturated heterocycles. The lowest BCUT2D eigenvalue weighted by molar-refractivity contribution is -0.192. The third kappa shape index (κ3) is 4.19. The van der Waals surface area contributed by atoms with E-state index in [9.17, 15) is 13.2 Å². The molecular weight excluding hydrogens is 448 g/mol. The van der Waals surface area contributed by atoms with Gasteiger partial charge >= 0.3 is 12.1 Å². The van der Waals surface area contributed by atoms with Crippen molar-refractivity contribution in [2.24, 2.45) is 0 Å². The number of alkyl halides is 3. The van der Waals surface area contributed by atoms with E-state index >= 15 is 0 Å². The molecule has 2 rings (SSSR count). The zero-order chi connectivity index (χ0) is 14.8. The van der Waals surface area contributed by atoms with E-state index in [0.29, 0.717) is 16.1 Å². The molecule has 6 nitrogen and oxygen atoms in total. The minimum absolute atomic E-state index is 0.437. The quantitative estimate of drug-likeness (QED) is 0.598. The van der Waals surface area contributed by atoms with E-state index < -0.39 is 12.1 Å². The Bertz CT molecular complexity index is 616. The van der Waals surface area contributed by atoms with Gasteiger partial charge in [0.2, 0.25) is 0 Å². The van der Waals surface area contributed by atoms with E-state index in [2.05, 4.69) is 48.5 Å². The molecule has 0 aliphatic carbocycles. The number of anilines is 1. The lowest BCUT2D eigenvalue weighted by atomic mass is 10.6. The predicted octanol–water partition coefficient (Wildman–Crippen LogP) is 2.31. The van der Waals surface area contributed by atoms with Gasteiger partial charge in [0.15, 0.2) is 11.5 Å². The highest BCUT2D eigenvalue weighted by molar-refractivity contribution is 14.1. The van der Waals surface area contributed by atoms with E-state index in [4.69, 9.17) is 15.6 Å². The number of rotatable bonds is 0. The molecule has 0 aromatic carbocycles. The number of aromatic nitrogens is 3. The molecule has 0 aliphatic heterocycles. The lowest BCUT2D eigenvalue weighted by Crippen LogP contribution is -2.21. The molecule has 19 heavy (non-hydrogen) atoms. The smallest absolute Gasteiger partial charge is 0.475 e. The fourth-order valence-electron chi connectivity index (χ4n) is 0.953. The van der Waals surface area contributed by atoms with E-state index in [1.165, 1.54) is 0 Å². The summed E-state index contributed by atoms with van der Waals surface area (Å²) in [7, 11) is 0. The Hall–Kier alpha value is -1.11. The van der Waals surface area contributed by atoms with Gasteiger partial charge in [-0.1, -0.05) is 0 Å². The number of hydrogen-bond acceptors (Lipinski definition) is 4. The van der Waals surface area contributed by atoms with Crippen LogP contribution in [0.2, 0.25) is 0 Å². The summed E-state index contributed by atoms with van der Waals surface area (Å²) in [5, 5.41) is 7.12. The van der Waals surface area contributed by atoms with E-state index in [1.54, 1.807) is 6.20 Å². The van der Waals surface area contributed by atoms with Crippen LogP contribution in [0.25, 0.3) is 5.65 Å². The number of carboxylic acids is 1. The second kappa shape index (κ2) is 5.90. The molecule has 11 heteroatoms. The first-order valence-corrected chi connectivity index (χ1v) is 6.24. The largest absolute Gasteiger partial charge is 0.490 e. The first-order chi connectivity index (χ1) is 8.62. The minimum Gasteiger partial charge on any atom is -0.475 e. The number of fused-ring (bicyclic) bond motifs is 1. The fraction of sp³-hybridized carbons (Fsp3) is 0.125. The van der Waals surface area contributed by atoms with Crippen molar-refractivity contribution in [3.05, 3.63) is 20.7 Å². The zero-order valence-electron chi connectivity index (χ0n) is 8.82. The summed E-state index contributed by atoms with van der Waals surface area (Å²) < 4.78 is 35.3. The number of carbonyl (C=O) groups is 1. The van der Waals surface area contributed by atoms with Crippen molar-refractivity contribution in [1.82, 2.24) is 14.4 Å². The number of hydrogen-bond donors (Lipinski definition) is 2. The van der Waals surface area contributed by atoms with Gasteiger partial charge in [-0.05, 0) is 38.5 Å².